The number of rotatable bonds is 4. The fourth-order valence-electron chi connectivity index (χ4n) is 2.14. The van der Waals surface area contributed by atoms with Gasteiger partial charge in [0.2, 0.25) is 6.41 Å². The van der Waals surface area contributed by atoms with Crippen LogP contribution in [-0.2, 0) is 27.3 Å². The molecule has 2 rings (SSSR count). The number of alkyl halides is 6. The minimum Gasteiger partial charge on any atom is -0.352 e. The van der Waals surface area contributed by atoms with Gasteiger partial charge >= 0.3 is 12.4 Å². The van der Waals surface area contributed by atoms with Crippen LogP contribution in [0.5, 0.6) is 0 Å². The molecule has 5 nitrogen and oxygen atoms in total. The topological polar surface area (TPSA) is 83.5 Å². The molecule has 30 heavy (non-hydrogen) atoms. The van der Waals surface area contributed by atoms with Crippen LogP contribution in [0.1, 0.15) is 35.2 Å². The molecule has 0 unspecified atom stereocenters. The van der Waals surface area contributed by atoms with Gasteiger partial charge in [0, 0.05) is 0 Å². The van der Waals surface area contributed by atoms with E-state index in [4.69, 9.17) is 4.55 Å². The van der Waals surface area contributed by atoms with E-state index in [1.54, 1.807) is 12.1 Å². The first-order valence-corrected chi connectivity index (χ1v) is 9.53. The summed E-state index contributed by atoms with van der Waals surface area (Å²) in [6, 6.07) is 6.23. The van der Waals surface area contributed by atoms with Gasteiger partial charge in [0.25, 0.3) is 10.1 Å². The van der Waals surface area contributed by atoms with E-state index >= 15 is 0 Å². The van der Waals surface area contributed by atoms with Crippen molar-refractivity contribution in [1.82, 2.24) is 5.32 Å². The molecule has 0 bridgehead atoms. The molecule has 0 aliphatic carbocycles. The third-order valence-corrected chi connectivity index (χ3v) is 4.61. The largest absolute Gasteiger partial charge is 0.416 e. The van der Waals surface area contributed by atoms with Crippen molar-refractivity contribution in [3.05, 3.63) is 64.7 Å². The van der Waals surface area contributed by atoms with Gasteiger partial charge in [-0.25, -0.2) is 0 Å². The van der Waals surface area contributed by atoms with E-state index < -0.39 is 39.6 Å². The van der Waals surface area contributed by atoms with Crippen LogP contribution in [0.15, 0.2) is 47.4 Å². The summed E-state index contributed by atoms with van der Waals surface area (Å²) >= 11 is 0. The molecule has 2 aromatic rings. The van der Waals surface area contributed by atoms with Crippen LogP contribution in [0.25, 0.3) is 0 Å². The molecule has 0 radical (unpaired) electrons. The number of nitrogens with one attached hydrogen (secondary N) is 1. The van der Waals surface area contributed by atoms with Crippen LogP contribution in [0.3, 0.4) is 0 Å². The van der Waals surface area contributed by atoms with Gasteiger partial charge in [-0.1, -0.05) is 17.7 Å². The van der Waals surface area contributed by atoms with E-state index in [1.807, 2.05) is 6.92 Å². The molecule has 0 saturated carbocycles. The number of hydrogen-bond acceptors (Lipinski definition) is 3. The molecule has 166 valence electrons. The Hall–Kier alpha value is -2.60. The third kappa shape index (κ3) is 7.67. The highest BCUT2D eigenvalue weighted by molar-refractivity contribution is 7.85. The average molecular weight is 457 g/mol. The van der Waals surface area contributed by atoms with Gasteiger partial charge in [0.1, 0.15) is 0 Å². The second-order valence-electron chi connectivity index (χ2n) is 6.13. The first-order valence-electron chi connectivity index (χ1n) is 8.09. The van der Waals surface area contributed by atoms with E-state index in [9.17, 15) is 39.6 Å². The Morgan fingerprint density at radius 1 is 0.933 bits per heavy atom. The third-order valence-electron chi connectivity index (χ3n) is 3.75. The highest BCUT2D eigenvalue weighted by Gasteiger charge is 2.37. The SMILES string of the molecule is C[C@@H](NC=O)c1cc(C(F)(F)F)cc(C(F)(F)F)c1.Cc1ccc(S(=O)(=O)O)cc1. The van der Waals surface area contributed by atoms with Crippen LogP contribution in [-0.4, -0.2) is 19.4 Å². The highest BCUT2D eigenvalue weighted by Crippen LogP contribution is 2.37. The molecule has 2 N–H and O–H groups in total. The number of aryl methyl sites for hydroxylation is 1. The van der Waals surface area contributed by atoms with Crippen molar-refractivity contribution in [2.24, 2.45) is 0 Å². The lowest BCUT2D eigenvalue weighted by atomic mass is 10.0. The minimum absolute atomic E-state index is 0.0388. The van der Waals surface area contributed by atoms with E-state index in [0.717, 1.165) is 5.56 Å². The first-order chi connectivity index (χ1) is 13.6. The first kappa shape index (κ1) is 25.4. The molecule has 0 heterocycles. The monoisotopic (exact) mass is 457 g/mol. The summed E-state index contributed by atoms with van der Waals surface area (Å²) in [7, 11) is -4.02. The molecule has 1 amide bonds. The van der Waals surface area contributed by atoms with Crippen molar-refractivity contribution < 1.29 is 44.1 Å². The Labute approximate surface area is 168 Å². The normalized spacial score (nSPS) is 13.1. The van der Waals surface area contributed by atoms with Crippen LogP contribution in [0.2, 0.25) is 0 Å². The standard InChI is InChI=1S/C11H9F6NO.C7H8O3S/c1-6(18-5-19)7-2-8(10(12,13)14)4-9(3-7)11(15,16)17;1-6-2-4-7(5-3-6)11(8,9)10/h2-6H,1H3,(H,18,19);2-5H,1H3,(H,8,9,10)/t6-;/m1./s1. The predicted molar refractivity (Wildman–Crippen MR) is 95.1 cm³/mol. The molecule has 0 aliphatic heterocycles. The fraction of sp³-hybridized carbons (Fsp3) is 0.278. The highest BCUT2D eigenvalue weighted by atomic mass is 32.2. The Kier molecular flexibility index (Phi) is 8.03. The summed E-state index contributed by atoms with van der Waals surface area (Å²) in [5, 5.41) is 2.10. The maximum atomic E-state index is 12.5. The van der Waals surface area contributed by atoms with E-state index in [2.05, 4.69) is 5.32 Å². The summed E-state index contributed by atoms with van der Waals surface area (Å²) in [6.45, 7) is 3.12. The van der Waals surface area contributed by atoms with Crippen molar-refractivity contribution >= 4 is 16.5 Å². The summed E-state index contributed by atoms with van der Waals surface area (Å²) in [4.78, 5) is 10.1. The van der Waals surface area contributed by atoms with Crippen LogP contribution in [0, 0.1) is 6.92 Å². The number of carbonyl (C=O) groups is 1. The molecule has 0 fully saturated rings. The molecule has 12 heteroatoms. The zero-order valence-electron chi connectivity index (χ0n) is 15.5. The van der Waals surface area contributed by atoms with Crippen molar-refractivity contribution in [1.29, 1.82) is 0 Å². The Morgan fingerprint density at radius 3 is 1.70 bits per heavy atom. The lowest BCUT2D eigenvalue weighted by Crippen LogP contribution is -2.19. The van der Waals surface area contributed by atoms with Gasteiger partial charge in [-0.15, -0.1) is 0 Å². The zero-order valence-corrected chi connectivity index (χ0v) is 16.4. The molecule has 0 spiro atoms. The summed E-state index contributed by atoms with van der Waals surface area (Å²) in [6.07, 6.45) is -9.58. The van der Waals surface area contributed by atoms with Crippen molar-refractivity contribution in [3.8, 4) is 0 Å². The number of amides is 1. The second kappa shape index (κ2) is 9.47. The molecular formula is C18H17F6NO4S. The maximum absolute atomic E-state index is 12.5. The average Bonchev–Trinajstić information content (AvgIpc) is 2.60. The van der Waals surface area contributed by atoms with Gasteiger partial charge in [0.05, 0.1) is 22.1 Å². The number of carbonyl (C=O) groups excluding carboxylic acids is 1. The van der Waals surface area contributed by atoms with Crippen LogP contribution in [0.4, 0.5) is 26.3 Å². The lowest BCUT2D eigenvalue weighted by Gasteiger charge is -2.17. The smallest absolute Gasteiger partial charge is 0.352 e. The molecule has 1 atom stereocenters. The van der Waals surface area contributed by atoms with E-state index in [1.165, 1.54) is 19.1 Å². The van der Waals surface area contributed by atoms with Gasteiger partial charge < -0.3 is 5.32 Å². The van der Waals surface area contributed by atoms with Crippen molar-refractivity contribution in [2.75, 3.05) is 0 Å². The van der Waals surface area contributed by atoms with Crippen molar-refractivity contribution in [2.45, 2.75) is 37.1 Å². The molecular weight excluding hydrogens is 440 g/mol. The number of hydrogen-bond donors (Lipinski definition) is 2. The molecule has 2 aromatic carbocycles. The number of halogens is 6. The van der Waals surface area contributed by atoms with Gasteiger partial charge in [-0.2, -0.15) is 34.8 Å². The minimum atomic E-state index is -4.89. The van der Waals surface area contributed by atoms with Crippen molar-refractivity contribution in [3.63, 3.8) is 0 Å². The lowest BCUT2D eigenvalue weighted by molar-refractivity contribution is -0.143. The maximum Gasteiger partial charge on any atom is 0.416 e. The zero-order chi connectivity index (χ0) is 23.3. The van der Waals surface area contributed by atoms with Crippen LogP contribution < -0.4 is 5.32 Å². The van der Waals surface area contributed by atoms with Crippen LogP contribution >= 0.6 is 0 Å². The summed E-state index contributed by atoms with van der Waals surface area (Å²) < 4.78 is 105. The Morgan fingerprint density at radius 2 is 1.37 bits per heavy atom. The van der Waals surface area contributed by atoms with E-state index in [0.29, 0.717) is 12.1 Å². The Bertz CT molecular complexity index is 937. The predicted octanol–water partition coefficient (Wildman–Crippen LogP) is 4.77. The Balaban J connectivity index is 0.000000346. The van der Waals surface area contributed by atoms with Gasteiger partial charge in [0.15, 0.2) is 0 Å². The summed E-state index contributed by atoms with van der Waals surface area (Å²) in [5.74, 6) is 0. The molecule has 0 aromatic heterocycles. The van der Waals surface area contributed by atoms with Gasteiger partial charge in [-0.3, -0.25) is 9.35 Å². The van der Waals surface area contributed by atoms with Gasteiger partial charge in [-0.05, 0) is 49.7 Å². The molecule has 0 aliphatic rings. The molecule has 0 saturated heterocycles. The van der Waals surface area contributed by atoms with E-state index in [-0.39, 0.29) is 22.9 Å². The summed E-state index contributed by atoms with van der Waals surface area (Å²) in [5.41, 5.74) is -2.12. The number of benzene rings is 2. The second-order valence-corrected chi connectivity index (χ2v) is 7.56. The quantitative estimate of drug-likeness (QED) is 0.394. The fourth-order valence-corrected chi connectivity index (χ4v) is 2.62.